The zero-order valence-electron chi connectivity index (χ0n) is 10.6. The highest BCUT2D eigenvalue weighted by atomic mass is 19.1. The van der Waals surface area contributed by atoms with Crippen LogP contribution < -0.4 is 11.1 Å². The number of carbonyl (C=O) groups is 1. The van der Waals surface area contributed by atoms with Gasteiger partial charge in [-0.3, -0.25) is 14.9 Å². The minimum atomic E-state index is -0.737. The summed E-state index contributed by atoms with van der Waals surface area (Å²) in [6.45, 7) is 2.28. The fraction of sp³-hybridized carbons (Fsp3) is 0.417. The van der Waals surface area contributed by atoms with Crippen molar-refractivity contribution in [1.29, 1.82) is 0 Å². The van der Waals surface area contributed by atoms with Gasteiger partial charge in [-0.05, 0) is 24.6 Å². The molecule has 7 heteroatoms. The lowest BCUT2D eigenvalue weighted by atomic mass is 10.0. The van der Waals surface area contributed by atoms with E-state index >= 15 is 0 Å². The lowest BCUT2D eigenvalue weighted by Crippen LogP contribution is -2.22. The number of halogens is 1. The van der Waals surface area contributed by atoms with E-state index < -0.39 is 16.4 Å². The summed E-state index contributed by atoms with van der Waals surface area (Å²) >= 11 is 0. The molecule has 3 N–H and O–H groups in total. The molecule has 0 aliphatic heterocycles. The molecule has 0 spiro atoms. The highest BCUT2D eigenvalue weighted by molar-refractivity contribution is 5.93. The molecule has 1 aromatic carbocycles. The van der Waals surface area contributed by atoms with Crippen molar-refractivity contribution < 1.29 is 14.1 Å². The lowest BCUT2D eigenvalue weighted by Gasteiger charge is -2.12. The lowest BCUT2D eigenvalue weighted by molar-refractivity contribution is -0.384. The van der Waals surface area contributed by atoms with E-state index in [1.54, 1.807) is 0 Å². The monoisotopic (exact) mass is 269 g/mol. The summed E-state index contributed by atoms with van der Waals surface area (Å²) < 4.78 is 12.9. The van der Waals surface area contributed by atoms with Crippen LogP contribution >= 0.6 is 0 Å². The van der Waals surface area contributed by atoms with Crippen LogP contribution in [0.25, 0.3) is 0 Å². The molecule has 0 saturated carbocycles. The topological polar surface area (TPSA) is 98.3 Å². The van der Waals surface area contributed by atoms with Crippen molar-refractivity contribution in [2.24, 2.45) is 11.7 Å². The number of amides is 1. The fourth-order valence-electron chi connectivity index (χ4n) is 1.62. The molecule has 1 atom stereocenters. The zero-order valence-corrected chi connectivity index (χ0v) is 10.6. The number of hydrogen-bond donors (Lipinski definition) is 2. The van der Waals surface area contributed by atoms with Gasteiger partial charge in [-0.2, -0.15) is 0 Å². The third-order valence-corrected chi connectivity index (χ3v) is 2.82. The first-order valence-corrected chi connectivity index (χ1v) is 5.91. The first-order chi connectivity index (χ1) is 8.97. The predicted octanol–water partition coefficient (Wildman–Crippen LogP) is 2.05. The normalized spacial score (nSPS) is 11.9. The second-order valence-electron chi connectivity index (χ2n) is 4.18. The Morgan fingerprint density at radius 3 is 2.79 bits per heavy atom. The number of hydrogen-bond acceptors (Lipinski definition) is 4. The van der Waals surface area contributed by atoms with Crippen molar-refractivity contribution in [2.75, 3.05) is 11.9 Å². The fourth-order valence-corrected chi connectivity index (χ4v) is 1.62. The SMILES string of the molecule is CCC(CN)CC(=O)Nc1ccc(F)cc1[N+](=O)[O-]. The first-order valence-electron chi connectivity index (χ1n) is 5.91. The number of nitro benzene ring substituents is 1. The highest BCUT2D eigenvalue weighted by Crippen LogP contribution is 2.25. The molecule has 0 aliphatic rings. The molecular weight excluding hydrogens is 253 g/mol. The maximum Gasteiger partial charge on any atom is 0.295 e. The maximum absolute atomic E-state index is 12.9. The molecule has 0 aromatic heterocycles. The minimum absolute atomic E-state index is 0.0109. The van der Waals surface area contributed by atoms with Crippen LogP contribution in [0, 0.1) is 21.8 Å². The molecule has 0 fully saturated rings. The number of benzene rings is 1. The van der Waals surface area contributed by atoms with E-state index in [-0.39, 0.29) is 23.9 Å². The summed E-state index contributed by atoms with van der Waals surface area (Å²) in [5, 5.41) is 13.2. The van der Waals surface area contributed by atoms with Gasteiger partial charge < -0.3 is 11.1 Å². The quantitative estimate of drug-likeness (QED) is 0.610. The molecule has 1 amide bonds. The van der Waals surface area contributed by atoms with Crippen LogP contribution in [0.5, 0.6) is 0 Å². The first kappa shape index (κ1) is 15.0. The number of carbonyl (C=O) groups excluding carboxylic acids is 1. The van der Waals surface area contributed by atoms with Gasteiger partial charge >= 0.3 is 0 Å². The molecule has 0 radical (unpaired) electrons. The maximum atomic E-state index is 12.9. The number of rotatable bonds is 6. The molecule has 6 nitrogen and oxygen atoms in total. The number of nitro groups is 1. The van der Waals surface area contributed by atoms with Gasteiger partial charge in [0.25, 0.3) is 5.69 Å². The van der Waals surface area contributed by atoms with Crippen LogP contribution in [0.15, 0.2) is 18.2 Å². The van der Waals surface area contributed by atoms with Gasteiger partial charge in [-0.25, -0.2) is 4.39 Å². The van der Waals surface area contributed by atoms with Crippen molar-refractivity contribution in [3.8, 4) is 0 Å². The Balaban J connectivity index is 2.82. The van der Waals surface area contributed by atoms with Crippen LogP contribution in [0.2, 0.25) is 0 Å². The Morgan fingerprint density at radius 1 is 1.58 bits per heavy atom. The van der Waals surface area contributed by atoms with E-state index in [2.05, 4.69) is 5.32 Å². The number of anilines is 1. The average Bonchev–Trinajstić information content (AvgIpc) is 2.37. The van der Waals surface area contributed by atoms with E-state index in [9.17, 15) is 19.3 Å². The largest absolute Gasteiger partial charge is 0.330 e. The highest BCUT2D eigenvalue weighted by Gasteiger charge is 2.18. The Bertz CT molecular complexity index is 475. The molecule has 1 unspecified atom stereocenters. The summed E-state index contributed by atoms with van der Waals surface area (Å²) in [6, 6.07) is 3.01. The predicted molar refractivity (Wildman–Crippen MR) is 69.1 cm³/mol. The van der Waals surface area contributed by atoms with Gasteiger partial charge in [-0.1, -0.05) is 13.3 Å². The van der Waals surface area contributed by atoms with Crippen LogP contribution in [0.1, 0.15) is 19.8 Å². The third kappa shape index (κ3) is 4.29. The van der Waals surface area contributed by atoms with Gasteiger partial charge in [0.1, 0.15) is 11.5 Å². The van der Waals surface area contributed by atoms with E-state index in [1.807, 2.05) is 6.92 Å². The van der Waals surface area contributed by atoms with Crippen LogP contribution in [-0.2, 0) is 4.79 Å². The number of nitrogens with two attached hydrogens (primary N) is 1. The summed E-state index contributed by atoms with van der Waals surface area (Å²) in [5.74, 6) is -1.07. The van der Waals surface area contributed by atoms with Crippen molar-refractivity contribution in [2.45, 2.75) is 19.8 Å². The van der Waals surface area contributed by atoms with E-state index in [4.69, 9.17) is 5.73 Å². The molecule has 19 heavy (non-hydrogen) atoms. The van der Waals surface area contributed by atoms with Gasteiger partial charge in [0.15, 0.2) is 0 Å². The Labute approximate surface area is 109 Å². The minimum Gasteiger partial charge on any atom is -0.330 e. The van der Waals surface area contributed by atoms with Gasteiger partial charge in [0, 0.05) is 6.42 Å². The van der Waals surface area contributed by atoms with Crippen LogP contribution in [-0.4, -0.2) is 17.4 Å². The zero-order chi connectivity index (χ0) is 14.4. The van der Waals surface area contributed by atoms with Gasteiger partial charge in [-0.15, -0.1) is 0 Å². The standard InChI is InChI=1S/C12H16FN3O3/c1-2-8(7-14)5-12(17)15-10-4-3-9(13)6-11(10)16(18)19/h3-4,6,8H,2,5,7,14H2,1H3,(H,15,17). The Kier molecular flexibility index (Phi) is 5.37. The molecular formula is C12H16FN3O3. The molecule has 104 valence electrons. The Hall–Kier alpha value is -2.02. The molecule has 0 bridgehead atoms. The summed E-state index contributed by atoms with van der Waals surface area (Å²) in [7, 11) is 0. The molecule has 0 saturated heterocycles. The molecule has 1 aromatic rings. The number of nitrogens with zero attached hydrogens (tertiary/aromatic N) is 1. The van der Waals surface area contributed by atoms with Crippen LogP contribution in [0.4, 0.5) is 15.8 Å². The van der Waals surface area contributed by atoms with E-state index in [1.165, 1.54) is 6.07 Å². The van der Waals surface area contributed by atoms with Gasteiger partial charge in [0.05, 0.1) is 11.0 Å². The molecule has 1 rings (SSSR count). The smallest absolute Gasteiger partial charge is 0.295 e. The summed E-state index contributed by atoms with van der Waals surface area (Å²) in [5.41, 5.74) is 5.01. The Morgan fingerprint density at radius 2 is 2.26 bits per heavy atom. The number of nitrogens with one attached hydrogen (secondary N) is 1. The molecule has 0 heterocycles. The second-order valence-corrected chi connectivity index (χ2v) is 4.18. The molecule has 0 aliphatic carbocycles. The third-order valence-electron chi connectivity index (χ3n) is 2.82. The van der Waals surface area contributed by atoms with Crippen molar-refractivity contribution in [1.82, 2.24) is 0 Å². The average molecular weight is 269 g/mol. The van der Waals surface area contributed by atoms with Crippen molar-refractivity contribution >= 4 is 17.3 Å². The van der Waals surface area contributed by atoms with Crippen molar-refractivity contribution in [3.63, 3.8) is 0 Å². The van der Waals surface area contributed by atoms with E-state index in [0.29, 0.717) is 6.54 Å². The van der Waals surface area contributed by atoms with Gasteiger partial charge in [0.2, 0.25) is 5.91 Å². The van der Waals surface area contributed by atoms with Crippen LogP contribution in [0.3, 0.4) is 0 Å². The summed E-state index contributed by atoms with van der Waals surface area (Å²) in [4.78, 5) is 21.7. The summed E-state index contributed by atoms with van der Waals surface area (Å²) in [6.07, 6.45) is 0.928. The second kappa shape index (κ2) is 6.79. The van der Waals surface area contributed by atoms with Crippen molar-refractivity contribution in [3.05, 3.63) is 34.1 Å². The van der Waals surface area contributed by atoms with E-state index in [0.717, 1.165) is 18.6 Å².